The molecule has 3 aromatic rings. The van der Waals surface area contributed by atoms with Crippen LogP contribution in [0.4, 0.5) is 11.5 Å². The van der Waals surface area contributed by atoms with Gasteiger partial charge < -0.3 is 10.2 Å². The zero-order valence-corrected chi connectivity index (χ0v) is 20.8. The molecule has 1 aromatic heterocycles. The molecule has 0 radical (unpaired) electrons. The zero-order chi connectivity index (χ0) is 24.5. The number of carbonyl (C=O) groups excluding carboxylic acids is 1. The van der Waals surface area contributed by atoms with Gasteiger partial charge in [-0.2, -0.15) is 4.31 Å². The molecule has 1 amide bonds. The highest BCUT2D eigenvalue weighted by atomic mass is 35.5. The van der Waals surface area contributed by atoms with Crippen LogP contribution >= 0.6 is 11.6 Å². The minimum Gasteiger partial charge on any atom is -0.354 e. The van der Waals surface area contributed by atoms with Gasteiger partial charge in [-0.15, -0.1) is 0 Å². The highest BCUT2D eigenvalue weighted by Gasteiger charge is 2.30. The molecule has 0 saturated carbocycles. The molecule has 8 nitrogen and oxygen atoms in total. The average molecular weight is 500 g/mol. The number of hydrogen-bond acceptors (Lipinski definition) is 6. The summed E-state index contributed by atoms with van der Waals surface area (Å²) in [6.07, 6.45) is 0. The number of benzene rings is 2. The number of nitrogens with one attached hydrogen (secondary N) is 1. The van der Waals surface area contributed by atoms with E-state index in [9.17, 15) is 13.2 Å². The third kappa shape index (κ3) is 5.06. The largest absolute Gasteiger partial charge is 0.354 e. The van der Waals surface area contributed by atoms with E-state index in [1.807, 2.05) is 38.1 Å². The summed E-state index contributed by atoms with van der Waals surface area (Å²) in [6, 6.07) is 13.6. The van der Waals surface area contributed by atoms with Gasteiger partial charge in [0.2, 0.25) is 15.9 Å². The van der Waals surface area contributed by atoms with E-state index in [4.69, 9.17) is 16.6 Å². The van der Waals surface area contributed by atoms with Crippen LogP contribution in [0.3, 0.4) is 0 Å². The summed E-state index contributed by atoms with van der Waals surface area (Å²) in [5, 5.41) is 3.29. The number of amides is 1. The Balaban J connectivity index is 1.51. The van der Waals surface area contributed by atoms with Crippen molar-refractivity contribution in [3.8, 4) is 11.4 Å². The lowest BCUT2D eigenvalue weighted by Crippen LogP contribution is -2.49. The van der Waals surface area contributed by atoms with Crippen LogP contribution in [0.1, 0.15) is 18.2 Å². The minimum absolute atomic E-state index is 0.203. The van der Waals surface area contributed by atoms with E-state index in [0.717, 1.165) is 22.6 Å². The number of aryl methyl sites for hydroxylation is 1. The number of sulfonamides is 1. The number of nitrogens with zero attached hydrogens (tertiary/aromatic N) is 4. The van der Waals surface area contributed by atoms with Crippen molar-refractivity contribution >= 4 is 39.0 Å². The quantitative estimate of drug-likeness (QED) is 0.572. The molecule has 0 unspecified atom stereocenters. The Hall–Kier alpha value is -3.01. The number of anilines is 2. The van der Waals surface area contributed by atoms with Crippen molar-refractivity contribution in [2.45, 2.75) is 25.7 Å². The van der Waals surface area contributed by atoms with Crippen LogP contribution < -0.4 is 10.2 Å². The van der Waals surface area contributed by atoms with Gasteiger partial charge in [-0.05, 0) is 62.4 Å². The maximum Gasteiger partial charge on any atom is 0.243 e. The molecule has 34 heavy (non-hydrogen) atoms. The van der Waals surface area contributed by atoms with Gasteiger partial charge in [0.25, 0.3) is 0 Å². The fourth-order valence-corrected chi connectivity index (χ4v) is 5.40. The lowest BCUT2D eigenvalue weighted by Gasteiger charge is -2.35. The maximum absolute atomic E-state index is 13.1. The first-order valence-corrected chi connectivity index (χ1v) is 12.7. The van der Waals surface area contributed by atoms with E-state index in [1.54, 1.807) is 12.1 Å². The first-order valence-electron chi connectivity index (χ1n) is 10.9. The Bertz CT molecular complexity index is 1300. The SMILES string of the molecule is CC(=O)Nc1ccc(S(=O)(=O)N2CCN(c3nc(-c4ccc(Cl)cc4)nc(C)c3C)CC2)cc1. The Morgan fingerprint density at radius 1 is 0.941 bits per heavy atom. The standard InChI is InChI=1S/C24H26ClN5O3S/c1-16-17(2)26-23(19-4-6-20(25)7-5-19)28-24(16)29-12-14-30(15-13-29)34(32,33)22-10-8-21(9-11-22)27-18(3)31/h4-11H,12-15H2,1-3H3,(H,27,31). The van der Waals surface area contributed by atoms with Crippen molar-refractivity contribution in [3.63, 3.8) is 0 Å². The molecule has 1 saturated heterocycles. The van der Waals surface area contributed by atoms with Crippen LogP contribution in [0.15, 0.2) is 53.4 Å². The van der Waals surface area contributed by atoms with Gasteiger partial charge in [-0.1, -0.05) is 11.6 Å². The van der Waals surface area contributed by atoms with Crippen LogP contribution in [0.5, 0.6) is 0 Å². The summed E-state index contributed by atoms with van der Waals surface area (Å²) in [5.41, 5.74) is 3.28. The molecule has 0 bridgehead atoms. The third-order valence-electron chi connectivity index (χ3n) is 5.82. The molecule has 0 spiro atoms. The molecule has 1 N–H and O–H groups in total. The number of aromatic nitrogens is 2. The van der Waals surface area contributed by atoms with Crippen molar-refractivity contribution in [3.05, 3.63) is 64.8 Å². The summed E-state index contributed by atoms with van der Waals surface area (Å²) < 4.78 is 27.8. The summed E-state index contributed by atoms with van der Waals surface area (Å²) >= 11 is 6.01. The number of halogens is 1. The monoisotopic (exact) mass is 499 g/mol. The van der Waals surface area contributed by atoms with Gasteiger partial charge in [-0.3, -0.25) is 4.79 Å². The summed E-state index contributed by atoms with van der Waals surface area (Å²) in [6.45, 7) is 7.05. The molecule has 0 aliphatic carbocycles. The molecule has 178 valence electrons. The van der Waals surface area contributed by atoms with Gasteiger partial charge >= 0.3 is 0 Å². The summed E-state index contributed by atoms with van der Waals surface area (Å²) in [4.78, 5) is 22.9. The van der Waals surface area contributed by atoms with E-state index < -0.39 is 10.0 Å². The number of carbonyl (C=O) groups is 1. The maximum atomic E-state index is 13.1. The van der Waals surface area contributed by atoms with Gasteiger partial charge in [0.05, 0.1) is 4.90 Å². The highest BCUT2D eigenvalue weighted by Crippen LogP contribution is 2.27. The molecule has 2 heterocycles. The Kier molecular flexibility index (Phi) is 6.88. The van der Waals surface area contributed by atoms with Crippen LogP contribution in [0.2, 0.25) is 5.02 Å². The first kappa shape index (κ1) is 24.1. The molecule has 4 rings (SSSR count). The van der Waals surface area contributed by atoms with Crippen molar-refractivity contribution in [2.24, 2.45) is 0 Å². The molecule has 0 atom stereocenters. The molecular formula is C24H26ClN5O3S. The Morgan fingerprint density at radius 2 is 1.56 bits per heavy atom. The smallest absolute Gasteiger partial charge is 0.243 e. The third-order valence-corrected chi connectivity index (χ3v) is 7.98. The lowest BCUT2D eigenvalue weighted by atomic mass is 10.1. The number of piperazine rings is 1. The van der Waals surface area contributed by atoms with Crippen LogP contribution in [-0.4, -0.2) is 54.8 Å². The second kappa shape index (κ2) is 9.69. The van der Waals surface area contributed by atoms with Crippen LogP contribution in [0, 0.1) is 13.8 Å². The van der Waals surface area contributed by atoms with Gasteiger partial charge in [0.15, 0.2) is 5.82 Å². The Morgan fingerprint density at radius 3 is 2.15 bits per heavy atom. The predicted octanol–water partition coefficient (Wildman–Crippen LogP) is 3.88. The van der Waals surface area contributed by atoms with E-state index in [-0.39, 0.29) is 10.8 Å². The molecule has 1 fully saturated rings. The molecule has 1 aliphatic heterocycles. The average Bonchev–Trinajstić information content (AvgIpc) is 2.81. The van der Waals surface area contributed by atoms with E-state index in [0.29, 0.717) is 42.7 Å². The van der Waals surface area contributed by atoms with Crippen molar-refractivity contribution < 1.29 is 13.2 Å². The van der Waals surface area contributed by atoms with Gasteiger partial charge in [-0.25, -0.2) is 18.4 Å². The molecule has 10 heteroatoms. The predicted molar refractivity (Wildman–Crippen MR) is 134 cm³/mol. The van der Waals surface area contributed by atoms with E-state index >= 15 is 0 Å². The lowest BCUT2D eigenvalue weighted by molar-refractivity contribution is -0.114. The highest BCUT2D eigenvalue weighted by molar-refractivity contribution is 7.89. The fourth-order valence-electron chi connectivity index (χ4n) is 3.85. The van der Waals surface area contributed by atoms with Crippen molar-refractivity contribution in [1.29, 1.82) is 0 Å². The summed E-state index contributed by atoms with van der Waals surface area (Å²) in [5.74, 6) is 1.22. The second-order valence-corrected chi connectivity index (χ2v) is 10.6. The minimum atomic E-state index is -3.64. The number of hydrogen-bond donors (Lipinski definition) is 1. The van der Waals surface area contributed by atoms with Gasteiger partial charge in [0.1, 0.15) is 5.82 Å². The number of rotatable bonds is 5. The topological polar surface area (TPSA) is 95.5 Å². The molecular weight excluding hydrogens is 474 g/mol. The second-order valence-electron chi connectivity index (χ2n) is 8.18. The van der Waals surface area contributed by atoms with E-state index in [1.165, 1.54) is 23.4 Å². The zero-order valence-electron chi connectivity index (χ0n) is 19.2. The fraction of sp³-hybridized carbons (Fsp3) is 0.292. The van der Waals surface area contributed by atoms with E-state index in [2.05, 4.69) is 15.2 Å². The molecule has 1 aliphatic rings. The first-order chi connectivity index (χ1) is 16.1. The van der Waals surface area contributed by atoms with Crippen molar-refractivity contribution in [2.75, 3.05) is 36.4 Å². The van der Waals surface area contributed by atoms with Crippen molar-refractivity contribution in [1.82, 2.24) is 14.3 Å². The van der Waals surface area contributed by atoms with Gasteiger partial charge in [0, 0.05) is 60.6 Å². The molecule has 2 aromatic carbocycles. The van der Waals surface area contributed by atoms with Crippen LogP contribution in [-0.2, 0) is 14.8 Å². The van der Waals surface area contributed by atoms with Crippen LogP contribution in [0.25, 0.3) is 11.4 Å². The Labute approximate surface area is 204 Å². The summed E-state index contributed by atoms with van der Waals surface area (Å²) in [7, 11) is -3.64. The normalized spacial score (nSPS) is 14.8.